The average Bonchev–Trinajstić information content (AvgIpc) is 3.20. The molecular weight excluding hydrogens is 506 g/mol. The maximum Gasteiger partial charge on any atom is 0.255 e. The van der Waals surface area contributed by atoms with Crippen molar-refractivity contribution in [2.45, 2.75) is 63.3 Å². The molecule has 2 aromatic rings. The van der Waals surface area contributed by atoms with Gasteiger partial charge in [0.05, 0.1) is 10.9 Å². The SMILES string of the molecule is O=C1CCC(N2Cc3cc(O[C@H]4CCCCC4C=[N+]4CC(Oc5ccccc5Cl)C4)ccc3C2=O)C(=O)N1. The van der Waals surface area contributed by atoms with E-state index < -0.39 is 11.9 Å². The molecule has 2 unspecified atom stereocenters. The lowest BCUT2D eigenvalue weighted by atomic mass is 9.86. The number of amides is 3. The summed E-state index contributed by atoms with van der Waals surface area (Å²) in [5.74, 6) is 0.923. The van der Waals surface area contributed by atoms with Crippen molar-refractivity contribution in [3.63, 3.8) is 0 Å². The monoisotopic (exact) mass is 536 g/mol. The molecule has 6 rings (SSSR count). The number of nitrogens with zero attached hydrogens (tertiary/aromatic N) is 2. The van der Waals surface area contributed by atoms with Gasteiger partial charge in [-0.15, -0.1) is 0 Å². The molecule has 0 radical (unpaired) electrons. The molecule has 8 nitrogen and oxygen atoms in total. The number of imide groups is 1. The Morgan fingerprint density at radius 2 is 1.82 bits per heavy atom. The number of halogens is 1. The number of hydrogen-bond acceptors (Lipinski definition) is 5. The number of fused-ring (bicyclic) bond motifs is 1. The lowest BCUT2D eigenvalue weighted by Crippen LogP contribution is -2.52. The molecule has 1 N–H and O–H groups in total. The first-order chi connectivity index (χ1) is 18.4. The van der Waals surface area contributed by atoms with Crippen LogP contribution in [0.15, 0.2) is 42.5 Å². The zero-order valence-electron chi connectivity index (χ0n) is 21.1. The summed E-state index contributed by atoms with van der Waals surface area (Å²) < 4.78 is 14.8. The van der Waals surface area contributed by atoms with Crippen molar-refractivity contribution in [3.8, 4) is 11.5 Å². The van der Waals surface area contributed by atoms with Crippen molar-refractivity contribution >= 4 is 35.5 Å². The van der Waals surface area contributed by atoms with Gasteiger partial charge in [0.25, 0.3) is 5.91 Å². The molecule has 3 atom stereocenters. The smallest absolute Gasteiger partial charge is 0.255 e. The van der Waals surface area contributed by atoms with Crippen LogP contribution in [-0.2, 0) is 16.1 Å². The summed E-state index contributed by atoms with van der Waals surface area (Å²) in [7, 11) is 0. The van der Waals surface area contributed by atoms with E-state index in [1.54, 1.807) is 11.0 Å². The van der Waals surface area contributed by atoms with Crippen molar-refractivity contribution in [2.24, 2.45) is 5.92 Å². The molecule has 4 aliphatic rings. The van der Waals surface area contributed by atoms with Crippen LogP contribution in [0.4, 0.5) is 0 Å². The minimum Gasteiger partial charge on any atom is -0.490 e. The zero-order valence-corrected chi connectivity index (χ0v) is 21.9. The Morgan fingerprint density at radius 1 is 1.00 bits per heavy atom. The topological polar surface area (TPSA) is 88.0 Å². The van der Waals surface area contributed by atoms with E-state index in [0.29, 0.717) is 29.5 Å². The van der Waals surface area contributed by atoms with E-state index in [-0.39, 0.29) is 30.4 Å². The van der Waals surface area contributed by atoms with Gasteiger partial charge in [0.15, 0.2) is 13.1 Å². The first-order valence-electron chi connectivity index (χ1n) is 13.4. The molecule has 0 aromatic heterocycles. The Hall–Kier alpha value is -3.39. The van der Waals surface area contributed by atoms with Gasteiger partial charge in [-0.1, -0.05) is 30.2 Å². The van der Waals surface area contributed by atoms with Crippen LogP contribution in [0.5, 0.6) is 11.5 Å². The second kappa shape index (κ2) is 10.4. The average molecular weight is 537 g/mol. The van der Waals surface area contributed by atoms with E-state index in [1.165, 1.54) is 6.42 Å². The van der Waals surface area contributed by atoms with Gasteiger partial charge >= 0.3 is 0 Å². The highest BCUT2D eigenvalue weighted by Crippen LogP contribution is 2.33. The standard InChI is InChI=1S/C29H30ClN3O5/c30-23-6-2-4-8-26(23)38-21-16-32(17-21)14-18-5-1-3-7-25(18)37-20-9-10-22-19(13-20)15-33(29(22)36)24-11-12-27(34)31-28(24)35/h2,4,6,8-10,13-14,18,21,24-25H,1,3,5,7,11-12,15-17H2/p+1/t18?,21?,24?,25-/m0/s1. The van der Waals surface area contributed by atoms with Gasteiger partial charge in [-0.3, -0.25) is 19.7 Å². The number of para-hydroxylation sites is 1. The number of carbonyl (C=O) groups excluding carboxylic acids is 3. The molecule has 1 aliphatic carbocycles. The molecule has 3 fully saturated rings. The molecule has 0 bridgehead atoms. The lowest BCUT2D eigenvalue weighted by molar-refractivity contribution is -0.602. The van der Waals surface area contributed by atoms with E-state index in [2.05, 4.69) is 16.1 Å². The minimum absolute atomic E-state index is 0.0636. The van der Waals surface area contributed by atoms with Crippen LogP contribution in [0.1, 0.15) is 54.4 Å². The molecule has 2 saturated heterocycles. The molecule has 1 saturated carbocycles. The van der Waals surface area contributed by atoms with Crippen molar-refractivity contribution < 1.29 is 28.4 Å². The Balaban J connectivity index is 1.09. The Bertz CT molecular complexity index is 1300. The minimum atomic E-state index is -0.614. The number of ether oxygens (including phenoxy) is 2. The summed E-state index contributed by atoms with van der Waals surface area (Å²) in [6.45, 7) is 2.00. The number of benzene rings is 2. The first-order valence-corrected chi connectivity index (χ1v) is 13.8. The predicted octanol–water partition coefficient (Wildman–Crippen LogP) is 3.58. The summed E-state index contributed by atoms with van der Waals surface area (Å²) in [4.78, 5) is 38.4. The van der Waals surface area contributed by atoms with Crippen LogP contribution in [0.2, 0.25) is 5.02 Å². The van der Waals surface area contributed by atoms with Crippen LogP contribution in [0.25, 0.3) is 0 Å². The van der Waals surface area contributed by atoms with Crippen LogP contribution in [0.3, 0.4) is 0 Å². The Labute approximate surface area is 226 Å². The molecule has 3 amide bonds. The maximum absolute atomic E-state index is 13.0. The third-order valence-corrected chi connectivity index (χ3v) is 8.26. The normalized spacial score (nSPS) is 26.9. The van der Waals surface area contributed by atoms with Gasteiger partial charge in [-0.05, 0) is 61.6 Å². The van der Waals surface area contributed by atoms with Crippen LogP contribution in [0, 0.1) is 5.92 Å². The highest BCUT2D eigenvalue weighted by atomic mass is 35.5. The number of hydrogen-bond donors (Lipinski definition) is 1. The second-order valence-corrected chi connectivity index (χ2v) is 11.0. The van der Waals surface area contributed by atoms with Crippen LogP contribution >= 0.6 is 11.6 Å². The van der Waals surface area contributed by atoms with E-state index in [1.807, 2.05) is 36.4 Å². The largest absolute Gasteiger partial charge is 0.490 e. The Morgan fingerprint density at radius 3 is 2.63 bits per heavy atom. The highest BCUT2D eigenvalue weighted by molar-refractivity contribution is 6.32. The van der Waals surface area contributed by atoms with Gasteiger partial charge in [0.1, 0.15) is 29.9 Å². The van der Waals surface area contributed by atoms with Crippen molar-refractivity contribution in [1.29, 1.82) is 0 Å². The van der Waals surface area contributed by atoms with E-state index in [0.717, 1.165) is 49.4 Å². The third-order valence-electron chi connectivity index (χ3n) is 7.94. The fourth-order valence-electron chi connectivity index (χ4n) is 5.90. The second-order valence-electron chi connectivity index (χ2n) is 10.6. The van der Waals surface area contributed by atoms with Gasteiger partial charge < -0.3 is 14.4 Å². The molecule has 0 spiro atoms. The van der Waals surface area contributed by atoms with Crippen molar-refractivity contribution in [3.05, 3.63) is 58.6 Å². The molecule has 9 heteroatoms. The third kappa shape index (κ3) is 5.01. The van der Waals surface area contributed by atoms with Crippen molar-refractivity contribution in [1.82, 2.24) is 10.2 Å². The van der Waals surface area contributed by atoms with Gasteiger partial charge in [0, 0.05) is 18.5 Å². The number of rotatable bonds is 6. The van der Waals surface area contributed by atoms with Crippen LogP contribution < -0.4 is 14.8 Å². The summed E-state index contributed by atoms with van der Waals surface area (Å²) >= 11 is 6.23. The summed E-state index contributed by atoms with van der Waals surface area (Å²) in [6, 6.07) is 12.5. The van der Waals surface area contributed by atoms with E-state index in [9.17, 15) is 14.4 Å². The molecule has 38 heavy (non-hydrogen) atoms. The zero-order chi connectivity index (χ0) is 26.2. The van der Waals surface area contributed by atoms with Gasteiger partial charge in [-0.25, -0.2) is 4.58 Å². The fourth-order valence-corrected chi connectivity index (χ4v) is 6.08. The van der Waals surface area contributed by atoms with Crippen LogP contribution in [-0.4, -0.2) is 64.8 Å². The van der Waals surface area contributed by atoms with Crippen molar-refractivity contribution in [2.75, 3.05) is 13.1 Å². The summed E-state index contributed by atoms with van der Waals surface area (Å²) in [5, 5.41) is 2.98. The van der Waals surface area contributed by atoms with E-state index in [4.69, 9.17) is 21.1 Å². The molecule has 198 valence electrons. The number of nitrogens with one attached hydrogen (secondary N) is 1. The molecule has 3 heterocycles. The summed E-state index contributed by atoms with van der Waals surface area (Å²) in [5.41, 5.74) is 1.45. The molecule has 2 aromatic carbocycles. The van der Waals surface area contributed by atoms with E-state index >= 15 is 0 Å². The molecular formula is C29H31ClN3O5+. The quantitative estimate of drug-likeness (QED) is 0.450. The first kappa shape index (κ1) is 24.9. The van der Waals surface area contributed by atoms with Gasteiger partial charge in [0.2, 0.25) is 17.9 Å². The predicted molar refractivity (Wildman–Crippen MR) is 141 cm³/mol. The maximum atomic E-state index is 13.0. The number of carbonyl (C=O) groups is 3. The summed E-state index contributed by atoms with van der Waals surface area (Å²) in [6.07, 6.45) is 7.44. The van der Waals surface area contributed by atoms with Gasteiger partial charge in [-0.2, -0.15) is 0 Å². The lowest BCUT2D eigenvalue weighted by Gasteiger charge is -2.31. The molecule has 3 aliphatic heterocycles. The Kier molecular flexibility index (Phi) is 6.82. The highest BCUT2D eigenvalue weighted by Gasteiger charge is 2.40. The number of piperidine rings is 1. The fraction of sp³-hybridized carbons (Fsp3) is 0.448.